The van der Waals surface area contributed by atoms with Crippen molar-refractivity contribution >= 4 is 11.6 Å². The highest BCUT2D eigenvalue weighted by Gasteiger charge is 2.48. The predicted molar refractivity (Wildman–Crippen MR) is 247 cm³/mol. The van der Waals surface area contributed by atoms with E-state index in [0.29, 0.717) is 24.0 Å². The molecule has 2 fully saturated rings. The van der Waals surface area contributed by atoms with Gasteiger partial charge in [-0.1, -0.05) is 135 Å². The number of hydrogen-bond donors (Lipinski definition) is 6. The van der Waals surface area contributed by atoms with Gasteiger partial charge in [-0.25, -0.2) is 0 Å². The summed E-state index contributed by atoms with van der Waals surface area (Å²) in [5.74, 6) is -0.411. The lowest BCUT2D eigenvalue weighted by Gasteiger charge is -2.42. The van der Waals surface area contributed by atoms with Gasteiger partial charge in [-0.05, 0) is 101 Å². The van der Waals surface area contributed by atoms with Crippen LogP contribution in [-0.4, -0.2) is 116 Å². The largest absolute Gasteiger partial charge is 0.388 e. The van der Waals surface area contributed by atoms with Crippen molar-refractivity contribution in [3.8, 4) is 0 Å². The number of allylic oxidation sites excluding steroid dienone is 20. The summed E-state index contributed by atoms with van der Waals surface area (Å²) in [5.41, 5.74) is 6.21. The molecule has 64 heavy (non-hydrogen) atoms. The Morgan fingerprint density at radius 3 is 1.17 bits per heavy atom. The number of Topliss-reactive ketones (excluding diaryl/α,β-unsaturated/α-hetero) is 2. The van der Waals surface area contributed by atoms with Crippen molar-refractivity contribution in [1.82, 2.24) is 0 Å². The molecule has 4 rings (SSSR count). The molecule has 12 unspecified atom stereocenters. The molecule has 12 nitrogen and oxygen atoms in total. The van der Waals surface area contributed by atoms with E-state index in [-0.39, 0.29) is 11.6 Å². The fourth-order valence-corrected chi connectivity index (χ4v) is 8.36. The van der Waals surface area contributed by atoms with E-state index >= 15 is 0 Å². The van der Waals surface area contributed by atoms with Crippen LogP contribution in [0.25, 0.3) is 0 Å². The molecule has 2 heterocycles. The highest BCUT2D eigenvalue weighted by molar-refractivity contribution is 6.01. The monoisotopic (exact) mass is 889 g/mol. The van der Waals surface area contributed by atoms with Crippen molar-refractivity contribution in [3.63, 3.8) is 0 Å². The molecule has 352 valence electrons. The van der Waals surface area contributed by atoms with Crippen molar-refractivity contribution in [1.29, 1.82) is 0 Å². The maximum atomic E-state index is 13.4. The van der Waals surface area contributed by atoms with E-state index in [9.17, 15) is 40.2 Å². The highest BCUT2D eigenvalue weighted by atomic mass is 16.7. The fourth-order valence-electron chi connectivity index (χ4n) is 8.36. The summed E-state index contributed by atoms with van der Waals surface area (Å²) in [5, 5.41) is 61.2. The average molecular weight is 889 g/mol. The van der Waals surface area contributed by atoms with Gasteiger partial charge in [-0.3, -0.25) is 9.59 Å². The lowest BCUT2D eigenvalue weighted by Crippen LogP contribution is -2.58. The second kappa shape index (κ2) is 22.5. The molecule has 4 aliphatic rings. The normalized spacial score (nSPS) is 35.2. The Labute approximate surface area is 379 Å². The fraction of sp³-hybridized carbons (Fsp3) is 0.538. The van der Waals surface area contributed by atoms with Crippen LogP contribution in [0.1, 0.15) is 95.9 Å². The summed E-state index contributed by atoms with van der Waals surface area (Å²) in [6.07, 6.45) is 14.6. The van der Waals surface area contributed by atoms with Crippen LogP contribution >= 0.6 is 0 Å². The standard InChI is InChI=1S/C52H72O12/c1-29(19-15-21-31(3)23-25-37-33(5)41(53)39(27-51(37,9)10)63-49-47(59)45(57)43(55)35(7)61-49)17-13-14-18-30(2)20-16-22-32(4)24-26-38-34(6)42(54)40(28-52(38,11)12)64-50-48(60)46(58)44(56)36(8)62-50/h13-26,35-36,39-40,43-50,55-60H,27-28H2,1-12H3. The lowest BCUT2D eigenvalue weighted by molar-refractivity contribution is -0.302. The Morgan fingerprint density at radius 2 is 0.828 bits per heavy atom. The molecule has 0 saturated carbocycles. The summed E-state index contributed by atoms with van der Waals surface area (Å²) >= 11 is 0. The first kappa shape index (κ1) is 52.7. The molecule has 12 heteroatoms. The first-order valence-corrected chi connectivity index (χ1v) is 22.2. The molecule has 0 radical (unpaired) electrons. The molecule has 2 saturated heterocycles. The molecule has 2 aliphatic carbocycles. The van der Waals surface area contributed by atoms with Crippen LogP contribution < -0.4 is 0 Å². The Bertz CT molecular complexity index is 1910. The van der Waals surface area contributed by atoms with E-state index < -0.39 is 84.4 Å². The van der Waals surface area contributed by atoms with Crippen LogP contribution in [0.3, 0.4) is 0 Å². The van der Waals surface area contributed by atoms with Crippen molar-refractivity contribution in [2.24, 2.45) is 10.8 Å². The van der Waals surface area contributed by atoms with Crippen molar-refractivity contribution in [2.45, 2.75) is 170 Å². The van der Waals surface area contributed by atoms with E-state index in [1.807, 2.05) is 140 Å². The molecule has 0 aromatic rings. The molecule has 6 N–H and O–H groups in total. The number of aliphatic hydroxyl groups is 6. The Morgan fingerprint density at radius 1 is 0.516 bits per heavy atom. The number of aliphatic hydroxyl groups excluding tert-OH is 6. The summed E-state index contributed by atoms with van der Waals surface area (Å²) in [6.45, 7) is 22.9. The van der Waals surface area contributed by atoms with Gasteiger partial charge in [0.2, 0.25) is 0 Å². The summed E-state index contributed by atoms with van der Waals surface area (Å²) < 4.78 is 23.0. The zero-order chi connectivity index (χ0) is 47.8. The summed E-state index contributed by atoms with van der Waals surface area (Å²) in [7, 11) is 0. The van der Waals surface area contributed by atoms with Gasteiger partial charge in [0, 0.05) is 0 Å². The van der Waals surface area contributed by atoms with E-state index in [0.717, 1.165) is 33.4 Å². The van der Waals surface area contributed by atoms with Gasteiger partial charge in [0.1, 0.15) is 48.8 Å². The summed E-state index contributed by atoms with van der Waals surface area (Å²) in [6, 6.07) is 0. The molecular weight excluding hydrogens is 817 g/mol. The van der Waals surface area contributed by atoms with E-state index in [1.54, 1.807) is 27.7 Å². The first-order valence-electron chi connectivity index (χ1n) is 22.2. The minimum Gasteiger partial charge on any atom is -0.388 e. The minimum atomic E-state index is -1.48. The van der Waals surface area contributed by atoms with Crippen molar-refractivity contribution < 1.29 is 59.2 Å². The lowest BCUT2D eigenvalue weighted by atomic mass is 9.71. The molecule has 0 bridgehead atoms. The van der Waals surface area contributed by atoms with Gasteiger partial charge >= 0.3 is 0 Å². The predicted octanol–water partition coefficient (Wildman–Crippen LogP) is 6.61. The van der Waals surface area contributed by atoms with Crippen LogP contribution in [-0.2, 0) is 28.5 Å². The third-order valence-electron chi connectivity index (χ3n) is 12.5. The zero-order valence-electron chi connectivity index (χ0n) is 39.6. The third-order valence-corrected chi connectivity index (χ3v) is 12.5. The van der Waals surface area contributed by atoms with Gasteiger partial charge in [0.05, 0.1) is 12.2 Å². The Hall–Kier alpha value is -3.92. The number of carbonyl (C=O) groups excluding carboxylic acids is 2. The number of rotatable bonds is 14. The third kappa shape index (κ3) is 13.3. The Balaban J connectivity index is 1.29. The van der Waals surface area contributed by atoms with Crippen molar-refractivity contribution in [2.75, 3.05) is 0 Å². The van der Waals surface area contributed by atoms with Crippen LogP contribution in [0, 0.1) is 10.8 Å². The molecule has 0 amide bonds. The van der Waals surface area contributed by atoms with Crippen LogP contribution in [0.5, 0.6) is 0 Å². The maximum absolute atomic E-state index is 13.4. The van der Waals surface area contributed by atoms with E-state index in [1.165, 1.54) is 0 Å². The number of hydrogen-bond acceptors (Lipinski definition) is 12. The first-order chi connectivity index (χ1) is 29.9. The second-order valence-electron chi connectivity index (χ2n) is 19.0. The number of ether oxygens (including phenoxy) is 4. The van der Waals surface area contributed by atoms with Gasteiger partial charge in [-0.2, -0.15) is 0 Å². The van der Waals surface area contributed by atoms with Gasteiger partial charge < -0.3 is 49.6 Å². The number of ketones is 2. The molecule has 0 aromatic heterocycles. The molecule has 12 atom stereocenters. The maximum Gasteiger partial charge on any atom is 0.187 e. The molecular formula is C52H72O12. The average Bonchev–Trinajstić information content (AvgIpc) is 3.22. The topological polar surface area (TPSA) is 192 Å². The van der Waals surface area contributed by atoms with E-state index in [4.69, 9.17) is 18.9 Å². The zero-order valence-corrected chi connectivity index (χ0v) is 39.6. The van der Waals surface area contributed by atoms with Crippen LogP contribution in [0.2, 0.25) is 0 Å². The van der Waals surface area contributed by atoms with Gasteiger partial charge in [0.15, 0.2) is 24.1 Å². The molecule has 0 aromatic carbocycles. The smallest absolute Gasteiger partial charge is 0.187 e. The molecule has 0 spiro atoms. The van der Waals surface area contributed by atoms with Crippen LogP contribution in [0.15, 0.2) is 130 Å². The van der Waals surface area contributed by atoms with Crippen LogP contribution in [0.4, 0.5) is 0 Å². The second-order valence-corrected chi connectivity index (χ2v) is 19.0. The van der Waals surface area contributed by atoms with Gasteiger partial charge in [-0.15, -0.1) is 0 Å². The van der Waals surface area contributed by atoms with E-state index in [2.05, 4.69) is 0 Å². The Kier molecular flexibility index (Phi) is 18.5. The summed E-state index contributed by atoms with van der Waals surface area (Å²) in [4.78, 5) is 26.7. The molecule has 2 aliphatic heterocycles. The quantitative estimate of drug-likeness (QED) is 0.103. The van der Waals surface area contributed by atoms with Gasteiger partial charge in [0.25, 0.3) is 0 Å². The number of carbonyl (C=O) groups is 2. The SMILES string of the molecule is CC(C=CC=C(C)C=CC1=C(C)C(=O)C(OC2OC(C)C(O)C(O)C2O)CC1(C)C)=CC=CC=C(C)C=CC=C(C)C=CC1=C(C)C(=O)C(OC2OC(C)C(O)C(O)C2O)CC1(C)C. The highest BCUT2D eigenvalue weighted by Crippen LogP contribution is 2.43. The minimum absolute atomic E-state index is 0.206. The van der Waals surface area contributed by atoms with Crippen molar-refractivity contribution in [3.05, 3.63) is 130 Å².